The minimum atomic E-state index is -4.28. The smallest absolute Gasteiger partial charge is 0.367 e. The molecule has 1 unspecified atom stereocenters. The van der Waals surface area contributed by atoms with Crippen LogP contribution in [0.4, 0.5) is 18.9 Å². The molecule has 1 heterocycles. The van der Waals surface area contributed by atoms with E-state index in [1.165, 1.54) is 0 Å². The van der Waals surface area contributed by atoms with Crippen LogP contribution in [0.3, 0.4) is 0 Å². The van der Waals surface area contributed by atoms with Crippen LogP contribution in [0.1, 0.15) is 25.7 Å². The summed E-state index contributed by atoms with van der Waals surface area (Å²) in [6.45, 7) is 1.30. The Kier molecular flexibility index (Phi) is 5.09. The van der Waals surface area contributed by atoms with Gasteiger partial charge in [0.05, 0.1) is 6.42 Å². The summed E-state index contributed by atoms with van der Waals surface area (Å²) in [6.07, 6.45) is -3.87. The number of anilines is 1. The van der Waals surface area contributed by atoms with Gasteiger partial charge in [-0.3, -0.25) is 4.79 Å². The van der Waals surface area contributed by atoms with E-state index in [1.54, 1.807) is 0 Å². The molecule has 0 radical (unpaired) electrons. The van der Waals surface area contributed by atoms with Gasteiger partial charge in [-0.2, -0.15) is 13.2 Å². The van der Waals surface area contributed by atoms with Crippen molar-refractivity contribution in [2.45, 2.75) is 37.9 Å². The SMILES string of the molecule is O=C(CCC(F)(F)F)NCC1CCCN1c1ccccc1. The Morgan fingerprint density at radius 1 is 1.29 bits per heavy atom. The summed E-state index contributed by atoms with van der Waals surface area (Å²) in [5.41, 5.74) is 1.09. The van der Waals surface area contributed by atoms with Gasteiger partial charge in [0.15, 0.2) is 0 Å². The van der Waals surface area contributed by atoms with Gasteiger partial charge in [-0.15, -0.1) is 0 Å². The third-order valence-electron chi connectivity index (χ3n) is 3.64. The molecule has 1 aromatic carbocycles. The minimum absolute atomic E-state index is 0.155. The Hall–Kier alpha value is -1.72. The van der Waals surface area contributed by atoms with Crippen molar-refractivity contribution in [1.29, 1.82) is 0 Å². The van der Waals surface area contributed by atoms with Crippen molar-refractivity contribution in [2.24, 2.45) is 0 Å². The van der Waals surface area contributed by atoms with Gasteiger partial charge in [0.2, 0.25) is 5.91 Å². The van der Waals surface area contributed by atoms with Crippen molar-refractivity contribution in [1.82, 2.24) is 5.32 Å². The number of carbonyl (C=O) groups is 1. The predicted octanol–water partition coefficient (Wildman–Crippen LogP) is 3.11. The summed E-state index contributed by atoms with van der Waals surface area (Å²) in [5, 5.41) is 2.62. The van der Waals surface area contributed by atoms with E-state index in [1.807, 2.05) is 30.3 Å². The summed E-state index contributed by atoms with van der Waals surface area (Å²) in [7, 11) is 0. The molecule has 1 aliphatic heterocycles. The molecule has 3 nitrogen and oxygen atoms in total. The van der Waals surface area contributed by atoms with Crippen LogP contribution in [0.25, 0.3) is 0 Å². The van der Waals surface area contributed by atoms with Crippen LogP contribution in [0.5, 0.6) is 0 Å². The number of nitrogens with zero attached hydrogens (tertiary/aromatic N) is 1. The first-order valence-corrected chi connectivity index (χ1v) is 7.11. The average molecular weight is 300 g/mol. The quantitative estimate of drug-likeness (QED) is 0.906. The first-order chi connectivity index (χ1) is 9.96. The van der Waals surface area contributed by atoms with Crippen LogP contribution in [0.2, 0.25) is 0 Å². The second-order valence-electron chi connectivity index (χ2n) is 5.24. The molecule has 1 atom stereocenters. The first kappa shape index (κ1) is 15.7. The van der Waals surface area contributed by atoms with Gasteiger partial charge in [-0.25, -0.2) is 0 Å². The lowest BCUT2D eigenvalue weighted by Gasteiger charge is -2.27. The molecule has 0 aromatic heterocycles. The van der Waals surface area contributed by atoms with Gasteiger partial charge < -0.3 is 10.2 Å². The van der Waals surface area contributed by atoms with Crippen molar-refractivity contribution >= 4 is 11.6 Å². The number of amides is 1. The van der Waals surface area contributed by atoms with Crippen LogP contribution < -0.4 is 10.2 Å². The Balaban J connectivity index is 1.81. The van der Waals surface area contributed by atoms with Crippen LogP contribution in [-0.4, -0.2) is 31.2 Å². The molecule has 0 bridgehead atoms. The molecule has 2 rings (SSSR count). The van der Waals surface area contributed by atoms with E-state index >= 15 is 0 Å². The summed E-state index contributed by atoms with van der Waals surface area (Å²) in [6, 6.07) is 10.0. The molecule has 6 heteroatoms. The lowest BCUT2D eigenvalue weighted by atomic mass is 10.2. The van der Waals surface area contributed by atoms with E-state index < -0.39 is 24.9 Å². The van der Waals surface area contributed by atoms with E-state index in [-0.39, 0.29) is 6.04 Å². The molecular formula is C15H19F3N2O. The van der Waals surface area contributed by atoms with E-state index in [2.05, 4.69) is 10.2 Å². The molecule has 1 aromatic rings. The van der Waals surface area contributed by atoms with Gasteiger partial charge in [0.1, 0.15) is 0 Å². The highest BCUT2D eigenvalue weighted by atomic mass is 19.4. The van der Waals surface area contributed by atoms with Gasteiger partial charge in [0.25, 0.3) is 0 Å². The topological polar surface area (TPSA) is 32.3 Å². The van der Waals surface area contributed by atoms with Crippen LogP contribution in [0.15, 0.2) is 30.3 Å². The zero-order chi connectivity index (χ0) is 15.3. The Labute approximate surface area is 122 Å². The minimum Gasteiger partial charge on any atom is -0.367 e. The van der Waals surface area contributed by atoms with E-state index in [0.717, 1.165) is 25.1 Å². The Bertz CT molecular complexity index is 462. The summed E-state index contributed by atoms with van der Waals surface area (Å²) in [5.74, 6) is -0.535. The highest BCUT2D eigenvalue weighted by Crippen LogP contribution is 2.25. The molecular weight excluding hydrogens is 281 g/mol. The summed E-state index contributed by atoms with van der Waals surface area (Å²) < 4.78 is 36.2. The number of hydrogen-bond donors (Lipinski definition) is 1. The highest BCUT2D eigenvalue weighted by Gasteiger charge is 2.29. The maximum absolute atomic E-state index is 12.1. The lowest BCUT2D eigenvalue weighted by molar-refractivity contribution is -0.144. The number of nitrogens with one attached hydrogen (secondary N) is 1. The first-order valence-electron chi connectivity index (χ1n) is 7.11. The van der Waals surface area contributed by atoms with Crippen LogP contribution >= 0.6 is 0 Å². The van der Waals surface area contributed by atoms with Gasteiger partial charge in [-0.05, 0) is 25.0 Å². The predicted molar refractivity (Wildman–Crippen MR) is 75.1 cm³/mol. The van der Waals surface area contributed by atoms with Crippen molar-refractivity contribution in [3.63, 3.8) is 0 Å². The second kappa shape index (κ2) is 6.83. The molecule has 116 valence electrons. The van der Waals surface area contributed by atoms with Crippen molar-refractivity contribution < 1.29 is 18.0 Å². The average Bonchev–Trinajstić information content (AvgIpc) is 2.91. The molecule has 1 N–H and O–H groups in total. The molecule has 0 saturated carbocycles. The maximum atomic E-state index is 12.1. The maximum Gasteiger partial charge on any atom is 0.389 e. The van der Waals surface area contributed by atoms with E-state index in [0.29, 0.717) is 6.54 Å². The second-order valence-corrected chi connectivity index (χ2v) is 5.24. The fourth-order valence-corrected chi connectivity index (χ4v) is 2.58. The standard InChI is InChI=1S/C15H19F3N2O/c16-15(17,18)9-8-14(21)19-11-13-7-4-10-20(13)12-5-2-1-3-6-12/h1-3,5-6,13H,4,7-11H2,(H,19,21). The van der Waals surface area contributed by atoms with Crippen LogP contribution in [0, 0.1) is 0 Å². The molecule has 1 saturated heterocycles. The summed E-state index contributed by atoms with van der Waals surface area (Å²) in [4.78, 5) is 13.7. The van der Waals surface area contributed by atoms with Crippen LogP contribution in [-0.2, 0) is 4.79 Å². The largest absolute Gasteiger partial charge is 0.389 e. The number of benzene rings is 1. The molecule has 21 heavy (non-hydrogen) atoms. The molecule has 1 fully saturated rings. The number of alkyl halides is 3. The molecule has 1 aliphatic rings. The Morgan fingerprint density at radius 3 is 2.67 bits per heavy atom. The van der Waals surface area contributed by atoms with Crippen molar-refractivity contribution in [3.05, 3.63) is 30.3 Å². The monoisotopic (exact) mass is 300 g/mol. The fourth-order valence-electron chi connectivity index (χ4n) is 2.58. The zero-order valence-corrected chi connectivity index (χ0v) is 11.7. The van der Waals surface area contributed by atoms with Gasteiger partial charge in [-0.1, -0.05) is 18.2 Å². The summed E-state index contributed by atoms with van der Waals surface area (Å²) >= 11 is 0. The number of halogens is 3. The number of hydrogen-bond acceptors (Lipinski definition) is 2. The van der Waals surface area contributed by atoms with Gasteiger partial charge >= 0.3 is 6.18 Å². The van der Waals surface area contributed by atoms with Crippen molar-refractivity contribution in [3.8, 4) is 0 Å². The molecule has 0 spiro atoms. The number of carbonyl (C=O) groups excluding carboxylic acids is 1. The zero-order valence-electron chi connectivity index (χ0n) is 11.7. The molecule has 1 amide bonds. The third-order valence-corrected chi connectivity index (χ3v) is 3.64. The normalized spacial score (nSPS) is 18.8. The fraction of sp³-hybridized carbons (Fsp3) is 0.533. The van der Waals surface area contributed by atoms with E-state index in [4.69, 9.17) is 0 Å². The number of rotatable bonds is 5. The third kappa shape index (κ3) is 4.95. The number of para-hydroxylation sites is 1. The van der Waals surface area contributed by atoms with Gasteiger partial charge in [0, 0.05) is 31.2 Å². The molecule has 0 aliphatic carbocycles. The van der Waals surface area contributed by atoms with E-state index in [9.17, 15) is 18.0 Å². The Morgan fingerprint density at radius 2 is 2.00 bits per heavy atom. The van der Waals surface area contributed by atoms with Crippen molar-refractivity contribution in [2.75, 3.05) is 18.0 Å². The lowest BCUT2D eigenvalue weighted by Crippen LogP contribution is -2.40. The highest BCUT2D eigenvalue weighted by molar-refractivity contribution is 5.76.